The van der Waals surface area contributed by atoms with Gasteiger partial charge in [0, 0.05) is 17.1 Å². The van der Waals surface area contributed by atoms with E-state index in [1.165, 1.54) is 0 Å². The van der Waals surface area contributed by atoms with Crippen LogP contribution in [0.2, 0.25) is 0 Å². The van der Waals surface area contributed by atoms with Crippen molar-refractivity contribution in [2.75, 3.05) is 0 Å². The third-order valence-electron chi connectivity index (χ3n) is 4.31. The van der Waals surface area contributed by atoms with Gasteiger partial charge in [0.25, 0.3) is 0 Å². The molecule has 0 N–H and O–H groups in total. The van der Waals surface area contributed by atoms with E-state index in [0.29, 0.717) is 20.0 Å². The number of hydrogen-bond donors (Lipinski definition) is 0. The fourth-order valence-electron chi connectivity index (χ4n) is 3.16. The summed E-state index contributed by atoms with van der Waals surface area (Å²) in [4.78, 5) is 2.29. The molecule has 3 rings (SSSR count). The lowest BCUT2D eigenvalue weighted by molar-refractivity contribution is 0.103. The first-order chi connectivity index (χ1) is 11.8. The highest BCUT2D eigenvalue weighted by Crippen LogP contribution is 2.10. The van der Waals surface area contributed by atoms with Gasteiger partial charge in [0.2, 0.25) is 0 Å². The Hall–Kier alpha value is -2.41. The largest absolute Gasteiger partial charge is 0.255 e. The van der Waals surface area contributed by atoms with Crippen molar-refractivity contribution >= 4 is 0 Å². The molecule has 0 aliphatic carbocycles. The normalized spacial score (nSPS) is 11.6. The third kappa shape index (κ3) is 3.99. The summed E-state index contributed by atoms with van der Waals surface area (Å²) >= 11 is 0. The molecular formula is C18H27N7. The third-order valence-corrected chi connectivity index (χ3v) is 4.31. The number of nitrogens with zero attached hydrogens (tertiary/aromatic N) is 7. The SMILES string of the molecule is Cc1cc(C)n(CN(Cn2nc(C)cc2C)Cn2nc(C)cc2C)n1. The Balaban J connectivity index is 1.85. The molecule has 7 heteroatoms. The van der Waals surface area contributed by atoms with Gasteiger partial charge in [-0.3, -0.25) is 14.0 Å². The lowest BCUT2D eigenvalue weighted by Gasteiger charge is -2.24. The van der Waals surface area contributed by atoms with Gasteiger partial charge in [-0.1, -0.05) is 0 Å². The molecule has 3 heterocycles. The molecule has 134 valence electrons. The lowest BCUT2D eigenvalue weighted by atomic mass is 10.4. The Kier molecular flexibility index (Phi) is 4.76. The van der Waals surface area contributed by atoms with Gasteiger partial charge in [-0.2, -0.15) is 15.3 Å². The van der Waals surface area contributed by atoms with Crippen LogP contribution in [-0.4, -0.2) is 34.2 Å². The summed E-state index contributed by atoms with van der Waals surface area (Å²) in [5.74, 6) is 0. The van der Waals surface area contributed by atoms with Crippen LogP contribution in [-0.2, 0) is 20.0 Å². The van der Waals surface area contributed by atoms with E-state index in [-0.39, 0.29) is 0 Å². The molecular weight excluding hydrogens is 314 g/mol. The molecule has 0 bridgehead atoms. The molecule has 7 nitrogen and oxygen atoms in total. The first-order valence-corrected chi connectivity index (χ1v) is 8.57. The van der Waals surface area contributed by atoms with Crippen molar-refractivity contribution in [3.63, 3.8) is 0 Å². The highest BCUT2D eigenvalue weighted by molar-refractivity contribution is 5.08. The minimum atomic E-state index is 0.691. The van der Waals surface area contributed by atoms with Crippen molar-refractivity contribution in [3.05, 3.63) is 52.4 Å². The zero-order valence-corrected chi connectivity index (χ0v) is 16.0. The smallest absolute Gasteiger partial charge is 0.0961 e. The summed E-state index contributed by atoms with van der Waals surface area (Å²) in [5.41, 5.74) is 6.58. The molecule has 0 aliphatic rings. The Morgan fingerprint density at radius 3 is 1.08 bits per heavy atom. The van der Waals surface area contributed by atoms with Gasteiger partial charge in [0.1, 0.15) is 0 Å². The summed E-state index contributed by atoms with van der Waals surface area (Å²) in [7, 11) is 0. The minimum Gasteiger partial charge on any atom is -0.255 e. The van der Waals surface area contributed by atoms with E-state index in [9.17, 15) is 0 Å². The second-order valence-corrected chi connectivity index (χ2v) is 6.87. The molecule has 25 heavy (non-hydrogen) atoms. The van der Waals surface area contributed by atoms with Crippen molar-refractivity contribution in [2.45, 2.75) is 61.5 Å². The number of aryl methyl sites for hydroxylation is 6. The number of aromatic nitrogens is 6. The highest BCUT2D eigenvalue weighted by atomic mass is 15.5. The molecule has 0 unspecified atom stereocenters. The maximum Gasteiger partial charge on any atom is 0.0961 e. The summed E-state index contributed by atoms with van der Waals surface area (Å²) in [6, 6.07) is 6.31. The fraction of sp³-hybridized carbons (Fsp3) is 0.500. The van der Waals surface area contributed by atoms with Gasteiger partial charge < -0.3 is 0 Å². The number of rotatable bonds is 6. The van der Waals surface area contributed by atoms with Crippen LogP contribution >= 0.6 is 0 Å². The molecule has 0 amide bonds. The van der Waals surface area contributed by atoms with E-state index in [0.717, 1.165) is 34.2 Å². The van der Waals surface area contributed by atoms with Crippen LogP contribution < -0.4 is 0 Å². The van der Waals surface area contributed by atoms with Crippen LogP contribution in [0.4, 0.5) is 0 Å². The standard InChI is InChI=1S/C18H27N7/c1-13-7-16(4)23(19-13)10-22(11-24-17(5)8-14(2)20-24)12-25-18(6)9-15(3)21-25/h7-9H,10-12H2,1-6H3. The maximum atomic E-state index is 4.60. The Bertz CT molecular complexity index is 754. The summed E-state index contributed by atoms with van der Waals surface area (Å²) in [5, 5.41) is 13.8. The van der Waals surface area contributed by atoms with Crippen LogP contribution in [0.15, 0.2) is 18.2 Å². The monoisotopic (exact) mass is 341 g/mol. The summed E-state index contributed by atoms with van der Waals surface area (Å²) in [6.45, 7) is 14.4. The van der Waals surface area contributed by atoms with Crippen LogP contribution in [0.5, 0.6) is 0 Å². The fourth-order valence-corrected chi connectivity index (χ4v) is 3.16. The average molecular weight is 341 g/mol. The quantitative estimate of drug-likeness (QED) is 0.692. The Morgan fingerprint density at radius 2 is 0.880 bits per heavy atom. The second-order valence-electron chi connectivity index (χ2n) is 6.87. The average Bonchev–Trinajstić information content (AvgIpc) is 3.10. The molecule has 3 aromatic rings. The van der Waals surface area contributed by atoms with Crippen LogP contribution in [0.3, 0.4) is 0 Å². The van der Waals surface area contributed by atoms with Gasteiger partial charge in [-0.05, 0) is 59.7 Å². The van der Waals surface area contributed by atoms with Crippen LogP contribution in [0, 0.1) is 41.5 Å². The summed E-state index contributed by atoms with van der Waals surface area (Å²) < 4.78 is 6.10. The second kappa shape index (κ2) is 6.84. The van der Waals surface area contributed by atoms with Gasteiger partial charge in [-0.25, -0.2) is 4.90 Å². The van der Waals surface area contributed by atoms with Gasteiger partial charge in [0.15, 0.2) is 0 Å². The predicted molar refractivity (Wildman–Crippen MR) is 96.9 cm³/mol. The topological polar surface area (TPSA) is 56.7 Å². The first kappa shape index (κ1) is 17.4. The molecule has 0 saturated carbocycles. The van der Waals surface area contributed by atoms with E-state index < -0.39 is 0 Å². The Morgan fingerprint density at radius 1 is 0.600 bits per heavy atom. The summed E-state index contributed by atoms with van der Waals surface area (Å²) in [6.07, 6.45) is 0. The van der Waals surface area contributed by atoms with Gasteiger partial charge in [-0.15, -0.1) is 0 Å². The molecule has 0 radical (unpaired) electrons. The van der Waals surface area contributed by atoms with Crippen molar-refractivity contribution in [1.29, 1.82) is 0 Å². The van der Waals surface area contributed by atoms with Crippen LogP contribution in [0.25, 0.3) is 0 Å². The van der Waals surface area contributed by atoms with Crippen LogP contribution in [0.1, 0.15) is 34.2 Å². The van der Waals surface area contributed by atoms with Crippen molar-refractivity contribution < 1.29 is 0 Å². The molecule has 0 saturated heterocycles. The Labute approximate surface area is 148 Å². The van der Waals surface area contributed by atoms with Crippen molar-refractivity contribution in [2.24, 2.45) is 0 Å². The minimum absolute atomic E-state index is 0.691. The van der Waals surface area contributed by atoms with E-state index in [1.54, 1.807) is 0 Å². The van der Waals surface area contributed by atoms with E-state index in [4.69, 9.17) is 0 Å². The van der Waals surface area contributed by atoms with Gasteiger partial charge >= 0.3 is 0 Å². The molecule has 0 atom stereocenters. The zero-order chi connectivity index (χ0) is 18.1. The molecule has 0 fully saturated rings. The van der Waals surface area contributed by atoms with Crippen molar-refractivity contribution in [1.82, 2.24) is 34.2 Å². The maximum absolute atomic E-state index is 4.60. The molecule has 0 aliphatic heterocycles. The molecule has 0 spiro atoms. The van der Waals surface area contributed by atoms with Crippen molar-refractivity contribution in [3.8, 4) is 0 Å². The highest BCUT2D eigenvalue weighted by Gasteiger charge is 2.14. The molecule has 0 aromatic carbocycles. The molecule has 3 aromatic heterocycles. The predicted octanol–water partition coefficient (Wildman–Crippen LogP) is 2.70. The van der Waals surface area contributed by atoms with E-state index in [2.05, 4.69) is 59.2 Å². The number of hydrogen-bond acceptors (Lipinski definition) is 4. The zero-order valence-electron chi connectivity index (χ0n) is 16.0. The van der Waals surface area contributed by atoms with E-state index in [1.807, 2.05) is 34.8 Å². The van der Waals surface area contributed by atoms with E-state index >= 15 is 0 Å². The first-order valence-electron chi connectivity index (χ1n) is 8.57. The lowest BCUT2D eigenvalue weighted by Crippen LogP contribution is -2.33. The van der Waals surface area contributed by atoms with Gasteiger partial charge in [0.05, 0.1) is 37.1 Å².